The number of halogens is 1. The van der Waals surface area contributed by atoms with Gasteiger partial charge >= 0.3 is 0 Å². The van der Waals surface area contributed by atoms with Crippen LogP contribution in [0.1, 0.15) is 30.7 Å². The molecule has 1 atom stereocenters. The summed E-state index contributed by atoms with van der Waals surface area (Å²) in [6, 6.07) is 3.38. The van der Waals surface area contributed by atoms with Gasteiger partial charge in [-0.05, 0) is 12.5 Å². The fraction of sp³-hybridized carbons (Fsp3) is 0.385. The maximum atomic E-state index is 10.5. The first-order valence-corrected chi connectivity index (χ1v) is 6.44. The molecule has 0 fully saturated rings. The molecular formula is C13H16ClN3O2. The Morgan fingerprint density at radius 2 is 2.21 bits per heavy atom. The second-order valence-electron chi connectivity index (χ2n) is 4.14. The quantitative estimate of drug-likeness (QED) is 0.855. The van der Waals surface area contributed by atoms with E-state index in [1.54, 1.807) is 36.3 Å². The number of nitrogens with zero attached hydrogens (tertiary/aromatic N) is 3. The van der Waals surface area contributed by atoms with Crippen molar-refractivity contribution in [3.63, 3.8) is 0 Å². The monoisotopic (exact) mass is 281 g/mol. The van der Waals surface area contributed by atoms with E-state index in [9.17, 15) is 5.11 Å². The molecule has 0 radical (unpaired) electrons. The van der Waals surface area contributed by atoms with Crippen molar-refractivity contribution in [2.24, 2.45) is 0 Å². The molecule has 0 aliphatic rings. The Morgan fingerprint density at radius 3 is 2.79 bits per heavy atom. The van der Waals surface area contributed by atoms with Crippen LogP contribution in [0.2, 0.25) is 5.15 Å². The third-order valence-electron chi connectivity index (χ3n) is 2.83. The van der Waals surface area contributed by atoms with Crippen LogP contribution in [-0.4, -0.2) is 27.0 Å². The number of methoxy groups -OCH3 is 1. The Balaban J connectivity index is 2.38. The molecule has 0 saturated heterocycles. The van der Waals surface area contributed by atoms with Crippen LogP contribution < -0.4 is 4.74 Å². The lowest BCUT2D eigenvalue weighted by Crippen LogP contribution is -2.11. The van der Waals surface area contributed by atoms with Gasteiger partial charge in [-0.2, -0.15) is 5.10 Å². The summed E-state index contributed by atoms with van der Waals surface area (Å²) in [5.41, 5.74) is 1.29. The van der Waals surface area contributed by atoms with Gasteiger partial charge in [-0.3, -0.25) is 4.68 Å². The summed E-state index contributed by atoms with van der Waals surface area (Å²) in [6.07, 6.45) is 3.24. The summed E-state index contributed by atoms with van der Waals surface area (Å²) in [4.78, 5) is 3.98. The van der Waals surface area contributed by atoms with Crippen molar-refractivity contribution in [3.8, 4) is 5.75 Å². The van der Waals surface area contributed by atoms with Crippen LogP contribution in [0.25, 0.3) is 0 Å². The van der Waals surface area contributed by atoms with Crippen molar-refractivity contribution in [1.29, 1.82) is 0 Å². The van der Waals surface area contributed by atoms with Gasteiger partial charge in [0.1, 0.15) is 17.0 Å². The fourth-order valence-corrected chi connectivity index (χ4v) is 2.02. The van der Waals surface area contributed by atoms with Gasteiger partial charge in [0, 0.05) is 18.3 Å². The molecule has 0 aliphatic carbocycles. The molecule has 2 heterocycles. The molecule has 5 nitrogen and oxygen atoms in total. The number of pyridine rings is 1. The van der Waals surface area contributed by atoms with E-state index in [0.717, 1.165) is 13.0 Å². The molecule has 2 aromatic rings. The van der Waals surface area contributed by atoms with E-state index in [4.69, 9.17) is 16.3 Å². The molecule has 102 valence electrons. The van der Waals surface area contributed by atoms with Crippen LogP contribution in [0.5, 0.6) is 5.75 Å². The second-order valence-corrected chi connectivity index (χ2v) is 4.53. The van der Waals surface area contributed by atoms with Crippen LogP contribution in [0.15, 0.2) is 24.5 Å². The third kappa shape index (κ3) is 2.88. The number of aliphatic hydroxyl groups is 1. The molecule has 0 aromatic carbocycles. The van der Waals surface area contributed by atoms with Crippen LogP contribution >= 0.6 is 11.6 Å². The largest absolute Gasteiger partial charge is 0.493 e. The van der Waals surface area contributed by atoms with Gasteiger partial charge < -0.3 is 9.84 Å². The van der Waals surface area contributed by atoms with Crippen LogP contribution in [0, 0.1) is 0 Å². The van der Waals surface area contributed by atoms with E-state index in [2.05, 4.69) is 10.1 Å². The van der Waals surface area contributed by atoms with Gasteiger partial charge in [-0.1, -0.05) is 24.6 Å². The van der Waals surface area contributed by atoms with Gasteiger partial charge in [0.05, 0.1) is 13.3 Å². The highest BCUT2D eigenvalue weighted by atomic mass is 35.5. The van der Waals surface area contributed by atoms with E-state index >= 15 is 0 Å². The fourth-order valence-electron chi connectivity index (χ4n) is 1.91. The normalized spacial score (nSPS) is 12.4. The highest BCUT2D eigenvalue weighted by molar-refractivity contribution is 6.29. The number of aromatic nitrogens is 3. The number of aryl methyl sites for hydroxylation is 1. The topological polar surface area (TPSA) is 60.2 Å². The zero-order valence-electron chi connectivity index (χ0n) is 10.9. The number of ether oxygens (including phenoxy) is 1. The van der Waals surface area contributed by atoms with Crippen LogP contribution in [0.3, 0.4) is 0 Å². The smallest absolute Gasteiger partial charge is 0.163 e. The molecule has 6 heteroatoms. The predicted molar refractivity (Wildman–Crippen MR) is 72.4 cm³/mol. The first-order chi connectivity index (χ1) is 9.17. The molecule has 0 amide bonds. The third-order valence-corrected chi connectivity index (χ3v) is 3.05. The zero-order valence-corrected chi connectivity index (χ0v) is 11.6. The number of rotatable bonds is 5. The molecule has 0 spiro atoms. The lowest BCUT2D eigenvalue weighted by Gasteiger charge is -2.14. The average Bonchev–Trinajstić information content (AvgIpc) is 2.82. The molecule has 2 rings (SSSR count). The Kier molecular flexibility index (Phi) is 4.39. The van der Waals surface area contributed by atoms with Gasteiger partial charge in [-0.15, -0.1) is 0 Å². The SMILES string of the molecule is CCCn1ncc(OC)c1C(O)c1ccc(Cl)nc1. The lowest BCUT2D eigenvalue weighted by molar-refractivity contribution is 0.201. The highest BCUT2D eigenvalue weighted by Gasteiger charge is 2.21. The summed E-state index contributed by atoms with van der Waals surface area (Å²) in [5, 5.41) is 15.1. The van der Waals surface area contributed by atoms with Crippen molar-refractivity contribution < 1.29 is 9.84 Å². The second kappa shape index (κ2) is 6.04. The molecule has 1 unspecified atom stereocenters. The van der Waals surface area contributed by atoms with Crippen molar-refractivity contribution in [1.82, 2.24) is 14.8 Å². The molecule has 0 bridgehead atoms. The zero-order chi connectivity index (χ0) is 13.8. The van der Waals surface area contributed by atoms with Crippen LogP contribution in [0.4, 0.5) is 0 Å². The molecule has 2 aromatic heterocycles. The number of hydrogen-bond donors (Lipinski definition) is 1. The van der Waals surface area contributed by atoms with E-state index in [1.165, 1.54) is 0 Å². The van der Waals surface area contributed by atoms with Crippen molar-refractivity contribution >= 4 is 11.6 Å². The summed E-state index contributed by atoms with van der Waals surface area (Å²) in [5.74, 6) is 0.566. The van der Waals surface area contributed by atoms with E-state index < -0.39 is 6.10 Å². The maximum absolute atomic E-state index is 10.5. The summed E-state index contributed by atoms with van der Waals surface area (Å²) in [7, 11) is 1.56. The van der Waals surface area contributed by atoms with E-state index in [-0.39, 0.29) is 0 Å². The standard InChI is InChI=1S/C13H16ClN3O2/c1-3-6-17-12(10(19-2)8-16-17)13(18)9-4-5-11(14)15-7-9/h4-5,7-8,13,18H,3,6H2,1-2H3. The minimum atomic E-state index is -0.839. The molecule has 1 N–H and O–H groups in total. The molecular weight excluding hydrogens is 266 g/mol. The van der Waals surface area contributed by atoms with Gasteiger partial charge in [-0.25, -0.2) is 4.98 Å². The summed E-state index contributed by atoms with van der Waals surface area (Å²) >= 11 is 5.75. The Bertz CT molecular complexity index is 539. The molecule has 19 heavy (non-hydrogen) atoms. The minimum absolute atomic E-state index is 0.394. The summed E-state index contributed by atoms with van der Waals surface area (Å²) in [6.45, 7) is 2.77. The minimum Gasteiger partial charge on any atom is -0.493 e. The Labute approximate surface area is 116 Å². The number of aliphatic hydroxyl groups excluding tert-OH is 1. The number of hydrogen-bond acceptors (Lipinski definition) is 4. The Morgan fingerprint density at radius 1 is 1.42 bits per heavy atom. The first-order valence-electron chi connectivity index (χ1n) is 6.06. The Hall–Kier alpha value is -1.59. The van der Waals surface area contributed by atoms with Gasteiger partial charge in [0.25, 0.3) is 0 Å². The van der Waals surface area contributed by atoms with Crippen molar-refractivity contribution in [2.45, 2.75) is 26.0 Å². The highest BCUT2D eigenvalue weighted by Crippen LogP contribution is 2.30. The summed E-state index contributed by atoms with van der Waals surface area (Å²) < 4.78 is 7.00. The van der Waals surface area contributed by atoms with Crippen molar-refractivity contribution in [3.05, 3.63) is 40.9 Å². The van der Waals surface area contributed by atoms with Gasteiger partial charge in [0.15, 0.2) is 5.75 Å². The first kappa shape index (κ1) is 13.8. The maximum Gasteiger partial charge on any atom is 0.163 e. The predicted octanol–water partition coefficient (Wildman–Crippen LogP) is 2.43. The molecule has 0 aliphatic heterocycles. The van der Waals surface area contributed by atoms with Crippen LogP contribution in [-0.2, 0) is 6.54 Å². The van der Waals surface area contributed by atoms with E-state index in [1.807, 2.05) is 6.92 Å². The van der Waals surface area contributed by atoms with Crippen molar-refractivity contribution in [2.75, 3.05) is 7.11 Å². The average molecular weight is 282 g/mol. The van der Waals surface area contributed by atoms with E-state index in [0.29, 0.717) is 22.2 Å². The lowest BCUT2D eigenvalue weighted by atomic mass is 10.1. The molecule has 0 saturated carbocycles. The van der Waals surface area contributed by atoms with Gasteiger partial charge in [0.2, 0.25) is 0 Å².